The molecule has 138 valence electrons. The van der Waals surface area contributed by atoms with Gasteiger partial charge in [0.25, 0.3) is 5.91 Å². The third-order valence-electron chi connectivity index (χ3n) is 4.97. The summed E-state index contributed by atoms with van der Waals surface area (Å²) in [4.78, 5) is 18.0. The van der Waals surface area contributed by atoms with Crippen molar-refractivity contribution < 1.29 is 13.6 Å². The van der Waals surface area contributed by atoms with E-state index in [1.54, 1.807) is 43.3 Å². The number of hydrogen-bond acceptors (Lipinski definition) is 4. The lowest BCUT2D eigenvalue weighted by Gasteiger charge is -2.41. The Balaban J connectivity index is 1.95. The monoisotopic (exact) mass is 376 g/mol. The maximum absolute atomic E-state index is 14.7. The molecule has 2 aromatic rings. The molecule has 0 aromatic heterocycles. The number of fused-ring (bicyclic) bond motifs is 1. The fourth-order valence-corrected chi connectivity index (χ4v) is 3.57. The van der Waals surface area contributed by atoms with Gasteiger partial charge in [0.2, 0.25) is 0 Å². The second-order valence-electron chi connectivity index (χ2n) is 6.68. The number of nitrogens with zero attached hydrogens (tertiary/aromatic N) is 4. The molecule has 28 heavy (non-hydrogen) atoms. The highest BCUT2D eigenvalue weighted by atomic mass is 19.1. The smallest absolute Gasteiger partial charge is 0.259 e. The van der Waals surface area contributed by atoms with Crippen LogP contribution in [0, 0.1) is 23.0 Å². The summed E-state index contributed by atoms with van der Waals surface area (Å²) in [6.07, 6.45) is 4.74. The molecule has 2 aromatic carbocycles. The van der Waals surface area contributed by atoms with Crippen LogP contribution < -0.4 is 0 Å². The van der Waals surface area contributed by atoms with Crippen molar-refractivity contribution in [3.63, 3.8) is 0 Å². The molecule has 0 aliphatic carbocycles. The van der Waals surface area contributed by atoms with Crippen LogP contribution in [0.1, 0.15) is 29.5 Å². The lowest BCUT2D eigenvalue weighted by Crippen LogP contribution is -2.49. The van der Waals surface area contributed by atoms with Gasteiger partial charge in [-0.05, 0) is 42.8 Å². The van der Waals surface area contributed by atoms with E-state index in [9.17, 15) is 13.6 Å². The van der Waals surface area contributed by atoms with Crippen molar-refractivity contribution in [2.45, 2.75) is 18.4 Å². The van der Waals surface area contributed by atoms with Crippen molar-refractivity contribution in [2.24, 2.45) is 10.1 Å². The van der Waals surface area contributed by atoms with Crippen LogP contribution in [0.25, 0.3) is 0 Å². The predicted octanol–water partition coefficient (Wildman–Crippen LogP) is 3.63. The standard InChI is InChI=1S/C21H14F2N4O/c1-21(14-6-4-13(12-24)5-7-14)19(16-9-8-15(22)11-17(16)23)20(28)27-18(26-21)3-2-10-25-27/h2-11,19H,1H3. The average Bonchev–Trinajstić information content (AvgIpc) is 2.69. The third-order valence-corrected chi connectivity index (χ3v) is 4.97. The number of carbonyl (C=O) groups excluding carboxylic acids is 1. The molecule has 1 amide bonds. The molecule has 0 N–H and O–H groups in total. The number of allylic oxidation sites excluding steroid dienone is 1. The van der Waals surface area contributed by atoms with Crippen LogP contribution in [-0.4, -0.2) is 23.0 Å². The number of hydrogen-bond donors (Lipinski definition) is 0. The van der Waals surface area contributed by atoms with Crippen LogP contribution in [0.5, 0.6) is 0 Å². The first kappa shape index (κ1) is 17.7. The van der Waals surface area contributed by atoms with Gasteiger partial charge in [0, 0.05) is 17.8 Å². The maximum atomic E-state index is 14.7. The van der Waals surface area contributed by atoms with Gasteiger partial charge in [-0.3, -0.25) is 9.79 Å². The molecule has 2 heterocycles. The second-order valence-corrected chi connectivity index (χ2v) is 6.68. The zero-order valence-corrected chi connectivity index (χ0v) is 14.8. The van der Waals surface area contributed by atoms with E-state index in [2.05, 4.69) is 5.10 Å². The first-order valence-corrected chi connectivity index (χ1v) is 8.54. The lowest BCUT2D eigenvalue weighted by molar-refractivity contribution is -0.131. The number of halogens is 2. The number of hydrazone groups is 1. The highest BCUT2D eigenvalue weighted by Crippen LogP contribution is 2.45. The Morgan fingerprint density at radius 2 is 1.93 bits per heavy atom. The Kier molecular flexibility index (Phi) is 4.12. The van der Waals surface area contributed by atoms with Crippen LogP contribution in [0.4, 0.5) is 8.78 Å². The normalized spacial score (nSPS) is 23.2. The molecule has 0 saturated heterocycles. The van der Waals surface area contributed by atoms with E-state index in [-0.39, 0.29) is 5.56 Å². The second kappa shape index (κ2) is 6.50. The van der Waals surface area contributed by atoms with E-state index < -0.39 is 29.0 Å². The number of carbonyl (C=O) groups is 1. The van der Waals surface area contributed by atoms with Crippen LogP contribution in [0.2, 0.25) is 0 Å². The summed E-state index contributed by atoms with van der Waals surface area (Å²) in [5, 5.41) is 14.2. The molecule has 0 fully saturated rings. The fraction of sp³-hybridized carbons (Fsp3) is 0.143. The number of nitriles is 1. The number of aliphatic imine (C=N–C) groups is 1. The summed E-state index contributed by atoms with van der Waals surface area (Å²) < 4.78 is 28.1. The van der Waals surface area contributed by atoms with Gasteiger partial charge in [0.05, 0.1) is 17.6 Å². The van der Waals surface area contributed by atoms with E-state index in [0.29, 0.717) is 17.0 Å². The van der Waals surface area contributed by atoms with E-state index in [1.807, 2.05) is 6.07 Å². The van der Waals surface area contributed by atoms with E-state index in [0.717, 1.165) is 17.1 Å². The minimum Gasteiger partial charge on any atom is -0.272 e. The molecule has 2 atom stereocenters. The summed E-state index contributed by atoms with van der Waals surface area (Å²) in [5.74, 6) is -2.75. The molecule has 4 rings (SSSR count). The molecular weight excluding hydrogens is 362 g/mol. The maximum Gasteiger partial charge on any atom is 0.259 e. The van der Waals surface area contributed by atoms with E-state index in [1.165, 1.54) is 12.3 Å². The van der Waals surface area contributed by atoms with Gasteiger partial charge in [-0.15, -0.1) is 0 Å². The van der Waals surface area contributed by atoms with Crippen molar-refractivity contribution >= 4 is 18.0 Å². The molecule has 2 aliphatic rings. The third kappa shape index (κ3) is 2.70. The average molecular weight is 376 g/mol. The van der Waals surface area contributed by atoms with Crippen molar-refractivity contribution in [2.75, 3.05) is 0 Å². The van der Waals surface area contributed by atoms with Crippen molar-refractivity contribution in [1.82, 2.24) is 5.01 Å². The van der Waals surface area contributed by atoms with Gasteiger partial charge >= 0.3 is 0 Å². The van der Waals surface area contributed by atoms with Gasteiger partial charge in [-0.2, -0.15) is 15.4 Å². The molecule has 0 saturated carbocycles. The summed E-state index contributed by atoms with van der Waals surface area (Å²) in [7, 11) is 0. The summed E-state index contributed by atoms with van der Waals surface area (Å²) in [6.45, 7) is 1.72. The number of benzene rings is 2. The largest absolute Gasteiger partial charge is 0.272 e. The van der Waals surface area contributed by atoms with Crippen LogP contribution in [0.3, 0.4) is 0 Å². The molecule has 2 aliphatic heterocycles. The minimum absolute atomic E-state index is 0.0332. The first-order chi connectivity index (χ1) is 13.4. The van der Waals surface area contributed by atoms with Crippen LogP contribution in [0.15, 0.2) is 64.7 Å². The zero-order chi connectivity index (χ0) is 19.9. The van der Waals surface area contributed by atoms with Crippen molar-refractivity contribution in [3.8, 4) is 6.07 Å². The van der Waals surface area contributed by atoms with Gasteiger partial charge in [-0.25, -0.2) is 8.78 Å². The first-order valence-electron chi connectivity index (χ1n) is 8.54. The molecule has 0 radical (unpaired) electrons. The zero-order valence-electron chi connectivity index (χ0n) is 14.8. The Morgan fingerprint density at radius 1 is 1.18 bits per heavy atom. The lowest BCUT2D eigenvalue weighted by atomic mass is 9.74. The highest BCUT2D eigenvalue weighted by Gasteiger charge is 2.49. The number of rotatable bonds is 2. The van der Waals surface area contributed by atoms with Gasteiger partial charge in [-0.1, -0.05) is 18.2 Å². The number of amidine groups is 1. The van der Waals surface area contributed by atoms with Gasteiger partial charge in [0.1, 0.15) is 17.2 Å². The molecule has 2 unspecified atom stereocenters. The number of amides is 1. The van der Waals surface area contributed by atoms with Crippen LogP contribution in [-0.2, 0) is 10.3 Å². The van der Waals surface area contributed by atoms with Crippen molar-refractivity contribution in [3.05, 3.63) is 82.9 Å². The molecular formula is C21H14F2N4O. The Labute approximate surface area is 159 Å². The highest BCUT2D eigenvalue weighted by molar-refractivity contribution is 6.11. The molecule has 7 heteroatoms. The SMILES string of the molecule is CC1(c2ccc(C#N)cc2)N=C2C=CC=NN2C(=O)C1c1ccc(F)cc1F. The molecule has 0 spiro atoms. The Hall–Kier alpha value is -3.66. The Morgan fingerprint density at radius 3 is 2.61 bits per heavy atom. The van der Waals surface area contributed by atoms with Crippen molar-refractivity contribution in [1.29, 1.82) is 5.26 Å². The minimum atomic E-state index is -1.17. The summed E-state index contributed by atoms with van der Waals surface area (Å²) >= 11 is 0. The van der Waals surface area contributed by atoms with Gasteiger partial charge in [0.15, 0.2) is 5.84 Å². The van der Waals surface area contributed by atoms with Crippen LogP contribution >= 0.6 is 0 Å². The van der Waals surface area contributed by atoms with E-state index >= 15 is 0 Å². The van der Waals surface area contributed by atoms with E-state index in [4.69, 9.17) is 10.3 Å². The topological polar surface area (TPSA) is 68.8 Å². The quantitative estimate of drug-likeness (QED) is 0.803. The molecule has 5 nitrogen and oxygen atoms in total. The summed E-state index contributed by atoms with van der Waals surface area (Å²) in [5.41, 5.74) is -0.0582. The predicted molar refractivity (Wildman–Crippen MR) is 99.5 cm³/mol. The molecule has 0 bridgehead atoms. The summed E-state index contributed by atoms with van der Waals surface area (Å²) in [6, 6.07) is 11.8. The fourth-order valence-electron chi connectivity index (χ4n) is 3.57. The van der Waals surface area contributed by atoms with Gasteiger partial charge < -0.3 is 0 Å². The Bertz CT molecular complexity index is 1100.